The summed E-state index contributed by atoms with van der Waals surface area (Å²) in [6, 6.07) is 14.6. The Hall–Kier alpha value is -2.14. The molecule has 124 valence electrons. The van der Waals surface area contributed by atoms with Crippen LogP contribution in [0.15, 0.2) is 53.0 Å². The number of hydrogen-bond acceptors (Lipinski definition) is 2. The third kappa shape index (κ3) is 3.08. The zero-order valence-electron chi connectivity index (χ0n) is 13.7. The maximum Gasteiger partial charge on any atom is 0.254 e. The molecule has 2 amide bonds. The minimum absolute atomic E-state index is 0.0427. The summed E-state index contributed by atoms with van der Waals surface area (Å²) < 4.78 is 0.853. The maximum atomic E-state index is 12.8. The SMILES string of the molecule is Cc1ccccc1N1CCN(C(=O)c2cccc(Br)c2)C(C)C1=O. The standard InChI is InChI=1S/C19H19BrN2O2/c1-13-6-3-4-9-17(13)22-11-10-21(14(2)18(22)23)19(24)15-7-5-8-16(20)12-15/h3-9,12,14H,10-11H2,1-2H3. The van der Waals surface area contributed by atoms with Crippen LogP contribution in [0.3, 0.4) is 0 Å². The number of nitrogens with zero attached hydrogens (tertiary/aromatic N) is 2. The quantitative estimate of drug-likeness (QED) is 0.790. The number of hydrogen-bond donors (Lipinski definition) is 0. The van der Waals surface area contributed by atoms with E-state index in [1.165, 1.54) is 0 Å². The van der Waals surface area contributed by atoms with E-state index in [0.29, 0.717) is 18.7 Å². The van der Waals surface area contributed by atoms with Gasteiger partial charge in [0.2, 0.25) is 5.91 Å². The Morgan fingerprint density at radius 1 is 1.12 bits per heavy atom. The molecule has 1 fully saturated rings. The Morgan fingerprint density at radius 3 is 2.58 bits per heavy atom. The number of carbonyl (C=O) groups is 2. The Balaban J connectivity index is 1.83. The van der Waals surface area contributed by atoms with Crippen molar-refractivity contribution in [3.8, 4) is 0 Å². The second-order valence-electron chi connectivity index (χ2n) is 5.96. The average molecular weight is 387 g/mol. The van der Waals surface area contributed by atoms with Gasteiger partial charge in [-0.1, -0.05) is 40.2 Å². The highest BCUT2D eigenvalue weighted by Gasteiger charge is 2.35. The first-order chi connectivity index (χ1) is 11.5. The van der Waals surface area contributed by atoms with Crippen molar-refractivity contribution in [3.05, 3.63) is 64.1 Å². The lowest BCUT2D eigenvalue weighted by Gasteiger charge is -2.39. The smallest absolute Gasteiger partial charge is 0.254 e. The molecule has 0 N–H and O–H groups in total. The number of aryl methyl sites for hydroxylation is 1. The van der Waals surface area contributed by atoms with Gasteiger partial charge in [0.15, 0.2) is 0 Å². The molecular weight excluding hydrogens is 368 g/mol. The van der Waals surface area contributed by atoms with Gasteiger partial charge in [-0.2, -0.15) is 0 Å². The highest BCUT2D eigenvalue weighted by atomic mass is 79.9. The monoisotopic (exact) mass is 386 g/mol. The minimum Gasteiger partial charge on any atom is -0.325 e. The number of piperazine rings is 1. The van der Waals surface area contributed by atoms with E-state index in [2.05, 4.69) is 15.9 Å². The molecule has 1 aliphatic rings. The van der Waals surface area contributed by atoms with Crippen LogP contribution in [-0.2, 0) is 4.79 Å². The van der Waals surface area contributed by atoms with Crippen molar-refractivity contribution in [2.75, 3.05) is 18.0 Å². The van der Waals surface area contributed by atoms with Gasteiger partial charge in [-0.3, -0.25) is 9.59 Å². The molecule has 0 spiro atoms. The molecule has 0 radical (unpaired) electrons. The molecular formula is C19H19BrN2O2. The first kappa shape index (κ1) is 16.7. The lowest BCUT2D eigenvalue weighted by Crippen LogP contribution is -2.57. The molecule has 1 heterocycles. The molecule has 2 aromatic rings. The van der Waals surface area contributed by atoms with Gasteiger partial charge in [0.05, 0.1) is 0 Å². The summed E-state index contributed by atoms with van der Waals surface area (Å²) >= 11 is 3.38. The Bertz CT molecular complexity index is 790. The fourth-order valence-electron chi connectivity index (χ4n) is 3.04. The molecule has 24 heavy (non-hydrogen) atoms. The van der Waals surface area contributed by atoms with Gasteiger partial charge in [-0.05, 0) is 43.7 Å². The van der Waals surface area contributed by atoms with Crippen molar-refractivity contribution in [3.63, 3.8) is 0 Å². The van der Waals surface area contributed by atoms with Crippen LogP contribution in [0.25, 0.3) is 0 Å². The fraction of sp³-hybridized carbons (Fsp3) is 0.263. The number of benzene rings is 2. The van der Waals surface area contributed by atoms with Crippen LogP contribution >= 0.6 is 15.9 Å². The predicted molar refractivity (Wildman–Crippen MR) is 98.2 cm³/mol. The first-order valence-corrected chi connectivity index (χ1v) is 8.72. The second kappa shape index (κ2) is 6.77. The van der Waals surface area contributed by atoms with Gasteiger partial charge in [-0.25, -0.2) is 0 Å². The molecule has 1 atom stereocenters. The van der Waals surface area contributed by atoms with E-state index in [4.69, 9.17) is 0 Å². The van der Waals surface area contributed by atoms with Crippen LogP contribution in [0.5, 0.6) is 0 Å². The van der Waals surface area contributed by atoms with E-state index in [1.54, 1.807) is 28.9 Å². The van der Waals surface area contributed by atoms with Crippen molar-refractivity contribution >= 4 is 33.4 Å². The van der Waals surface area contributed by atoms with Gasteiger partial charge in [0.25, 0.3) is 5.91 Å². The second-order valence-corrected chi connectivity index (χ2v) is 6.88. The van der Waals surface area contributed by atoms with Crippen LogP contribution in [0, 0.1) is 6.92 Å². The Kier molecular flexibility index (Phi) is 4.71. The van der Waals surface area contributed by atoms with Crippen LogP contribution < -0.4 is 4.90 Å². The summed E-state index contributed by atoms with van der Waals surface area (Å²) in [6.07, 6.45) is 0. The van der Waals surface area contributed by atoms with Crippen molar-refractivity contribution in [1.82, 2.24) is 4.90 Å². The third-order valence-electron chi connectivity index (χ3n) is 4.39. The lowest BCUT2D eigenvalue weighted by molar-refractivity contribution is -0.124. The number of rotatable bonds is 2. The third-order valence-corrected chi connectivity index (χ3v) is 4.89. The first-order valence-electron chi connectivity index (χ1n) is 7.92. The highest BCUT2D eigenvalue weighted by molar-refractivity contribution is 9.10. The molecule has 0 saturated carbocycles. The van der Waals surface area contributed by atoms with Gasteiger partial charge in [0.1, 0.15) is 6.04 Å². The molecule has 2 aromatic carbocycles. The Labute approximate surface area is 150 Å². The molecule has 5 heteroatoms. The van der Waals surface area contributed by atoms with Crippen molar-refractivity contribution < 1.29 is 9.59 Å². The molecule has 0 aromatic heterocycles. The van der Waals surface area contributed by atoms with E-state index in [1.807, 2.05) is 43.3 Å². The minimum atomic E-state index is -0.482. The van der Waals surface area contributed by atoms with Crippen LogP contribution in [-0.4, -0.2) is 35.8 Å². The maximum absolute atomic E-state index is 12.8. The summed E-state index contributed by atoms with van der Waals surface area (Å²) in [5.74, 6) is -0.152. The summed E-state index contributed by atoms with van der Waals surface area (Å²) in [5, 5.41) is 0. The van der Waals surface area contributed by atoms with E-state index in [9.17, 15) is 9.59 Å². The zero-order chi connectivity index (χ0) is 17.3. The molecule has 1 saturated heterocycles. The van der Waals surface area contributed by atoms with Gasteiger partial charge in [0, 0.05) is 28.8 Å². The van der Waals surface area contributed by atoms with Crippen LogP contribution in [0.2, 0.25) is 0 Å². The molecule has 0 bridgehead atoms. The molecule has 1 unspecified atom stereocenters. The van der Waals surface area contributed by atoms with E-state index >= 15 is 0 Å². The average Bonchev–Trinajstić information content (AvgIpc) is 2.57. The molecule has 1 aliphatic heterocycles. The van der Waals surface area contributed by atoms with E-state index < -0.39 is 6.04 Å². The lowest BCUT2D eigenvalue weighted by atomic mass is 10.1. The zero-order valence-corrected chi connectivity index (χ0v) is 15.3. The normalized spacial score (nSPS) is 18.0. The number of carbonyl (C=O) groups excluding carboxylic acids is 2. The molecule has 3 rings (SSSR count). The highest BCUT2D eigenvalue weighted by Crippen LogP contribution is 2.25. The summed E-state index contributed by atoms with van der Waals surface area (Å²) in [5.41, 5.74) is 2.57. The summed E-state index contributed by atoms with van der Waals surface area (Å²) in [4.78, 5) is 29.0. The number of anilines is 1. The molecule has 0 aliphatic carbocycles. The number of amides is 2. The topological polar surface area (TPSA) is 40.6 Å². The van der Waals surface area contributed by atoms with Gasteiger partial charge >= 0.3 is 0 Å². The predicted octanol–water partition coefficient (Wildman–Crippen LogP) is 3.64. The van der Waals surface area contributed by atoms with Crippen molar-refractivity contribution in [2.45, 2.75) is 19.9 Å². The number of para-hydroxylation sites is 1. The van der Waals surface area contributed by atoms with Crippen LogP contribution in [0.1, 0.15) is 22.8 Å². The van der Waals surface area contributed by atoms with E-state index in [0.717, 1.165) is 15.7 Å². The Morgan fingerprint density at radius 2 is 1.88 bits per heavy atom. The van der Waals surface area contributed by atoms with Gasteiger partial charge < -0.3 is 9.80 Å². The summed E-state index contributed by atoms with van der Waals surface area (Å²) in [7, 11) is 0. The van der Waals surface area contributed by atoms with Crippen molar-refractivity contribution in [1.29, 1.82) is 0 Å². The number of halogens is 1. The molecule has 4 nitrogen and oxygen atoms in total. The summed E-state index contributed by atoms with van der Waals surface area (Å²) in [6.45, 7) is 4.81. The van der Waals surface area contributed by atoms with Crippen molar-refractivity contribution in [2.24, 2.45) is 0 Å². The van der Waals surface area contributed by atoms with Gasteiger partial charge in [-0.15, -0.1) is 0 Å². The fourth-order valence-corrected chi connectivity index (χ4v) is 3.44. The largest absolute Gasteiger partial charge is 0.325 e. The van der Waals surface area contributed by atoms with Crippen LogP contribution in [0.4, 0.5) is 5.69 Å². The van der Waals surface area contributed by atoms with E-state index in [-0.39, 0.29) is 11.8 Å².